The minimum atomic E-state index is 0.711. The molecule has 0 radical (unpaired) electrons. The van der Waals surface area contributed by atoms with Crippen molar-refractivity contribution in [1.82, 2.24) is 10.2 Å². The van der Waals surface area contributed by atoms with Crippen molar-refractivity contribution in [3.05, 3.63) is 48.2 Å². The van der Waals surface area contributed by atoms with E-state index in [4.69, 9.17) is 10.5 Å². The molecule has 1 aromatic heterocycles. The lowest BCUT2D eigenvalue weighted by Gasteiger charge is -2.09. The third-order valence-electron chi connectivity index (χ3n) is 3.33. The van der Waals surface area contributed by atoms with Crippen molar-refractivity contribution in [2.75, 3.05) is 12.8 Å². The van der Waals surface area contributed by atoms with Crippen LogP contribution in [0.5, 0.6) is 5.75 Å². The number of nitrogens with two attached hydrogens (primary N) is 1. The number of fused-ring (bicyclic) bond motifs is 1. The molecular weight excluding hydrogens is 250 g/mol. The maximum atomic E-state index is 6.11. The zero-order chi connectivity index (χ0) is 14.1. The van der Waals surface area contributed by atoms with Gasteiger partial charge in [0.2, 0.25) is 0 Å². The number of hydrogen-bond acceptors (Lipinski definition) is 4. The fourth-order valence-electron chi connectivity index (χ4n) is 2.29. The Morgan fingerprint density at radius 3 is 2.70 bits per heavy atom. The van der Waals surface area contributed by atoms with E-state index in [0.29, 0.717) is 5.69 Å². The smallest absolute Gasteiger partial charge is 0.119 e. The second kappa shape index (κ2) is 4.81. The summed E-state index contributed by atoms with van der Waals surface area (Å²) in [5, 5.41) is 10.3. The minimum absolute atomic E-state index is 0.711. The highest BCUT2D eigenvalue weighted by Gasteiger charge is 2.10. The summed E-state index contributed by atoms with van der Waals surface area (Å²) < 4.78 is 5.23. The number of nitrogen functional groups attached to an aromatic ring is 1. The number of aryl methyl sites for hydroxylation is 1. The molecule has 20 heavy (non-hydrogen) atoms. The maximum Gasteiger partial charge on any atom is 0.119 e. The van der Waals surface area contributed by atoms with E-state index in [-0.39, 0.29) is 0 Å². The van der Waals surface area contributed by atoms with Crippen LogP contribution in [-0.4, -0.2) is 17.3 Å². The molecule has 4 heteroatoms. The van der Waals surface area contributed by atoms with Gasteiger partial charge >= 0.3 is 0 Å². The molecule has 0 bridgehead atoms. The van der Waals surface area contributed by atoms with Crippen molar-refractivity contribution >= 4 is 16.5 Å². The van der Waals surface area contributed by atoms with Crippen molar-refractivity contribution in [1.29, 1.82) is 0 Å². The quantitative estimate of drug-likeness (QED) is 0.723. The Kier molecular flexibility index (Phi) is 2.99. The standard InChI is InChI=1S/C16H15N3O/c1-10-3-5-14(15(17)7-10)16-13-6-4-12(20-2)8-11(13)9-18-19-16/h3-9H,17H2,1-2H3. The fraction of sp³-hybridized carbons (Fsp3) is 0.125. The zero-order valence-electron chi connectivity index (χ0n) is 11.4. The van der Waals surface area contributed by atoms with Crippen molar-refractivity contribution < 1.29 is 4.74 Å². The Labute approximate surface area is 117 Å². The molecule has 0 atom stereocenters. The highest BCUT2D eigenvalue weighted by Crippen LogP contribution is 2.31. The first-order chi connectivity index (χ1) is 9.69. The van der Waals surface area contributed by atoms with Gasteiger partial charge in [0.25, 0.3) is 0 Å². The number of ether oxygens (including phenoxy) is 1. The van der Waals surface area contributed by atoms with Crippen LogP contribution in [0.25, 0.3) is 22.0 Å². The summed E-state index contributed by atoms with van der Waals surface area (Å²) in [4.78, 5) is 0. The molecule has 2 aromatic carbocycles. The normalized spacial score (nSPS) is 10.7. The highest BCUT2D eigenvalue weighted by atomic mass is 16.5. The second-order valence-electron chi connectivity index (χ2n) is 4.74. The van der Waals surface area contributed by atoms with Crippen molar-refractivity contribution in [3.8, 4) is 17.0 Å². The van der Waals surface area contributed by atoms with Crippen LogP contribution in [0.1, 0.15) is 5.56 Å². The number of anilines is 1. The van der Waals surface area contributed by atoms with Crippen LogP contribution >= 0.6 is 0 Å². The van der Waals surface area contributed by atoms with E-state index in [1.807, 2.05) is 43.3 Å². The molecule has 0 fully saturated rings. The van der Waals surface area contributed by atoms with Gasteiger partial charge in [-0.1, -0.05) is 12.1 Å². The van der Waals surface area contributed by atoms with Crippen molar-refractivity contribution in [3.63, 3.8) is 0 Å². The summed E-state index contributed by atoms with van der Waals surface area (Å²) >= 11 is 0. The summed E-state index contributed by atoms with van der Waals surface area (Å²) in [5.41, 5.74) is 9.64. The zero-order valence-corrected chi connectivity index (χ0v) is 11.4. The summed E-state index contributed by atoms with van der Waals surface area (Å²) in [7, 11) is 1.65. The number of benzene rings is 2. The lowest BCUT2D eigenvalue weighted by Crippen LogP contribution is -1.95. The molecular formula is C16H15N3O. The van der Waals surface area contributed by atoms with Gasteiger partial charge in [-0.3, -0.25) is 0 Å². The van der Waals surface area contributed by atoms with Crippen LogP contribution in [-0.2, 0) is 0 Å². The molecule has 0 saturated heterocycles. The molecule has 0 aliphatic heterocycles. The molecule has 3 aromatic rings. The van der Waals surface area contributed by atoms with Crippen LogP contribution in [0.2, 0.25) is 0 Å². The van der Waals surface area contributed by atoms with Crippen LogP contribution in [0, 0.1) is 6.92 Å². The van der Waals surface area contributed by atoms with E-state index in [1.165, 1.54) is 0 Å². The molecule has 0 aliphatic carbocycles. The van der Waals surface area contributed by atoms with Gasteiger partial charge < -0.3 is 10.5 Å². The van der Waals surface area contributed by atoms with Gasteiger partial charge in [-0.05, 0) is 36.8 Å². The van der Waals surface area contributed by atoms with Gasteiger partial charge in [0.05, 0.1) is 13.3 Å². The van der Waals surface area contributed by atoms with Crippen LogP contribution in [0.15, 0.2) is 42.6 Å². The average molecular weight is 265 g/mol. The molecule has 0 spiro atoms. The number of methoxy groups -OCH3 is 1. The van der Waals surface area contributed by atoms with E-state index >= 15 is 0 Å². The van der Waals surface area contributed by atoms with Gasteiger partial charge in [0, 0.05) is 22.0 Å². The minimum Gasteiger partial charge on any atom is -0.497 e. The summed E-state index contributed by atoms with van der Waals surface area (Å²) in [5.74, 6) is 0.799. The monoisotopic (exact) mass is 265 g/mol. The topological polar surface area (TPSA) is 61.0 Å². The SMILES string of the molecule is COc1ccc2c(-c3ccc(C)cc3N)nncc2c1. The third kappa shape index (κ3) is 2.05. The predicted octanol–water partition coefficient (Wildman–Crippen LogP) is 3.20. The third-order valence-corrected chi connectivity index (χ3v) is 3.33. The average Bonchev–Trinajstić information content (AvgIpc) is 2.46. The Hall–Kier alpha value is -2.62. The molecule has 4 nitrogen and oxygen atoms in total. The van der Waals surface area contributed by atoms with Gasteiger partial charge in [0.15, 0.2) is 0 Å². The molecule has 0 saturated carbocycles. The molecule has 2 N–H and O–H groups in total. The van der Waals surface area contributed by atoms with Gasteiger partial charge in [-0.25, -0.2) is 0 Å². The number of aromatic nitrogens is 2. The Morgan fingerprint density at radius 2 is 1.95 bits per heavy atom. The summed E-state index contributed by atoms with van der Waals surface area (Å²) in [6, 6.07) is 11.8. The highest BCUT2D eigenvalue weighted by molar-refractivity contribution is 5.97. The number of rotatable bonds is 2. The van der Waals surface area contributed by atoms with E-state index in [0.717, 1.165) is 33.3 Å². The molecule has 100 valence electrons. The second-order valence-corrected chi connectivity index (χ2v) is 4.74. The van der Waals surface area contributed by atoms with E-state index in [9.17, 15) is 0 Å². The molecule has 3 rings (SSSR count). The van der Waals surface area contributed by atoms with Crippen LogP contribution < -0.4 is 10.5 Å². The lowest BCUT2D eigenvalue weighted by molar-refractivity contribution is 0.415. The Bertz CT molecular complexity index is 784. The van der Waals surface area contributed by atoms with E-state index < -0.39 is 0 Å². The van der Waals surface area contributed by atoms with Crippen LogP contribution in [0.4, 0.5) is 5.69 Å². The number of nitrogens with zero attached hydrogens (tertiary/aromatic N) is 2. The van der Waals surface area contributed by atoms with Crippen molar-refractivity contribution in [2.45, 2.75) is 6.92 Å². The van der Waals surface area contributed by atoms with Gasteiger partial charge in [-0.2, -0.15) is 5.10 Å². The molecule has 0 amide bonds. The van der Waals surface area contributed by atoms with Gasteiger partial charge in [-0.15, -0.1) is 5.10 Å². The Morgan fingerprint density at radius 1 is 1.10 bits per heavy atom. The summed E-state index contributed by atoms with van der Waals surface area (Å²) in [6.45, 7) is 2.01. The first-order valence-corrected chi connectivity index (χ1v) is 6.35. The summed E-state index contributed by atoms with van der Waals surface area (Å²) in [6.07, 6.45) is 1.73. The molecule has 0 unspecified atom stereocenters. The van der Waals surface area contributed by atoms with E-state index in [2.05, 4.69) is 10.2 Å². The first-order valence-electron chi connectivity index (χ1n) is 6.35. The first kappa shape index (κ1) is 12.4. The molecule has 0 aliphatic rings. The van der Waals surface area contributed by atoms with Crippen LogP contribution in [0.3, 0.4) is 0 Å². The largest absolute Gasteiger partial charge is 0.497 e. The predicted molar refractivity (Wildman–Crippen MR) is 80.7 cm³/mol. The van der Waals surface area contributed by atoms with E-state index in [1.54, 1.807) is 13.3 Å². The Balaban J connectivity index is 2.25. The lowest BCUT2D eigenvalue weighted by atomic mass is 10.0. The fourth-order valence-corrected chi connectivity index (χ4v) is 2.29. The number of hydrogen-bond donors (Lipinski definition) is 1. The maximum absolute atomic E-state index is 6.11. The molecule has 1 heterocycles. The van der Waals surface area contributed by atoms with Crippen molar-refractivity contribution in [2.24, 2.45) is 0 Å². The van der Waals surface area contributed by atoms with Gasteiger partial charge in [0.1, 0.15) is 11.4 Å².